The summed E-state index contributed by atoms with van der Waals surface area (Å²) in [4.78, 5) is 19.8. The molecular formula is C21H33N3O2. The van der Waals surface area contributed by atoms with Crippen LogP contribution in [0.4, 0.5) is 0 Å². The van der Waals surface area contributed by atoms with E-state index in [0.717, 1.165) is 37.7 Å². The lowest BCUT2D eigenvalue weighted by atomic mass is 9.91. The fourth-order valence-electron chi connectivity index (χ4n) is 3.97. The Balaban J connectivity index is 1.61. The van der Waals surface area contributed by atoms with Gasteiger partial charge in [0.25, 0.3) is 0 Å². The third-order valence-electron chi connectivity index (χ3n) is 5.78. The molecule has 1 saturated carbocycles. The lowest BCUT2D eigenvalue weighted by molar-refractivity contribution is -0.132. The van der Waals surface area contributed by atoms with Gasteiger partial charge >= 0.3 is 0 Å². The van der Waals surface area contributed by atoms with Gasteiger partial charge in [0.05, 0.1) is 17.7 Å². The molecule has 1 aromatic heterocycles. The Morgan fingerprint density at radius 3 is 2.69 bits per heavy atom. The summed E-state index contributed by atoms with van der Waals surface area (Å²) in [5.74, 6) is 1.43. The SMILES string of the molecule is CCc1ccc(CN2C[C@H](NC(=O)C(C)(C)COC)[C@@H](C3CC3)C2)nc1. The summed E-state index contributed by atoms with van der Waals surface area (Å²) in [7, 11) is 1.65. The van der Waals surface area contributed by atoms with Crippen LogP contribution >= 0.6 is 0 Å². The number of likely N-dealkylation sites (tertiary alicyclic amines) is 1. The second kappa shape index (κ2) is 8.05. The zero-order valence-corrected chi connectivity index (χ0v) is 16.6. The van der Waals surface area contributed by atoms with Crippen molar-refractivity contribution in [1.29, 1.82) is 0 Å². The van der Waals surface area contributed by atoms with Crippen LogP contribution in [-0.2, 0) is 22.5 Å². The van der Waals surface area contributed by atoms with Crippen molar-refractivity contribution in [1.82, 2.24) is 15.2 Å². The molecule has 0 spiro atoms. The van der Waals surface area contributed by atoms with Gasteiger partial charge in [0, 0.05) is 39.0 Å². The lowest BCUT2D eigenvalue weighted by Gasteiger charge is -2.27. The van der Waals surface area contributed by atoms with E-state index in [-0.39, 0.29) is 11.9 Å². The molecule has 5 heteroatoms. The Morgan fingerprint density at radius 2 is 2.12 bits per heavy atom. The third kappa shape index (κ3) is 4.63. The highest BCUT2D eigenvalue weighted by Gasteiger charge is 2.44. The van der Waals surface area contributed by atoms with Gasteiger partial charge in [0.15, 0.2) is 0 Å². The smallest absolute Gasteiger partial charge is 0.228 e. The number of hydrogen-bond donors (Lipinski definition) is 1. The van der Waals surface area contributed by atoms with Crippen LogP contribution in [0.2, 0.25) is 0 Å². The van der Waals surface area contributed by atoms with E-state index in [1.165, 1.54) is 18.4 Å². The summed E-state index contributed by atoms with van der Waals surface area (Å²) in [6.45, 7) is 9.31. The first-order valence-corrected chi connectivity index (χ1v) is 9.89. The van der Waals surface area contributed by atoms with E-state index in [9.17, 15) is 4.79 Å². The molecule has 1 aliphatic carbocycles. The zero-order chi connectivity index (χ0) is 18.7. The normalized spacial score (nSPS) is 24.0. The van der Waals surface area contributed by atoms with Crippen molar-refractivity contribution < 1.29 is 9.53 Å². The molecule has 1 amide bonds. The number of pyridine rings is 1. The van der Waals surface area contributed by atoms with E-state index >= 15 is 0 Å². The van der Waals surface area contributed by atoms with Gasteiger partial charge in [-0.25, -0.2) is 0 Å². The van der Waals surface area contributed by atoms with Gasteiger partial charge in [0.2, 0.25) is 5.91 Å². The summed E-state index contributed by atoms with van der Waals surface area (Å²) in [5.41, 5.74) is 1.90. The average molecular weight is 360 g/mol. The van der Waals surface area contributed by atoms with Crippen LogP contribution in [0.25, 0.3) is 0 Å². The Morgan fingerprint density at radius 1 is 1.35 bits per heavy atom. The number of carbonyl (C=O) groups excluding carboxylic acids is 1. The first-order chi connectivity index (χ1) is 12.4. The molecule has 144 valence electrons. The van der Waals surface area contributed by atoms with Crippen LogP contribution in [0.3, 0.4) is 0 Å². The monoisotopic (exact) mass is 359 g/mol. The minimum Gasteiger partial charge on any atom is -0.384 e. The van der Waals surface area contributed by atoms with Gasteiger partial charge in [-0.15, -0.1) is 0 Å². The van der Waals surface area contributed by atoms with Crippen molar-refractivity contribution in [3.8, 4) is 0 Å². The van der Waals surface area contributed by atoms with Crippen LogP contribution in [0.15, 0.2) is 18.3 Å². The molecule has 1 aromatic rings. The summed E-state index contributed by atoms with van der Waals surface area (Å²) in [6, 6.07) is 4.54. The highest BCUT2D eigenvalue weighted by atomic mass is 16.5. The van der Waals surface area contributed by atoms with Crippen LogP contribution < -0.4 is 5.32 Å². The maximum absolute atomic E-state index is 12.7. The number of rotatable bonds is 8. The van der Waals surface area contributed by atoms with Crippen LogP contribution in [0, 0.1) is 17.3 Å². The van der Waals surface area contributed by atoms with E-state index in [2.05, 4.69) is 34.3 Å². The zero-order valence-electron chi connectivity index (χ0n) is 16.6. The van der Waals surface area contributed by atoms with Gasteiger partial charge in [-0.05, 0) is 56.6 Å². The molecule has 1 N–H and O–H groups in total. The molecule has 0 unspecified atom stereocenters. The standard InChI is InChI=1S/C21H33N3O2/c1-5-15-6-9-17(22-10-15)11-24-12-18(16-7-8-16)19(13-24)23-20(25)21(2,3)14-26-4/h6,9-10,16,18-19H,5,7-8,11-14H2,1-4H3,(H,23,25)/t18-,19+/m1/s1. The Kier molecular flexibility index (Phi) is 5.98. The lowest BCUT2D eigenvalue weighted by Crippen LogP contribution is -2.48. The number of amides is 1. The predicted octanol–water partition coefficient (Wildman–Crippen LogP) is 2.64. The number of nitrogens with one attached hydrogen (secondary N) is 1. The van der Waals surface area contributed by atoms with E-state index in [1.807, 2.05) is 20.0 Å². The van der Waals surface area contributed by atoms with Crippen molar-refractivity contribution in [3.63, 3.8) is 0 Å². The Bertz CT molecular complexity index is 610. The average Bonchev–Trinajstić information content (AvgIpc) is 3.38. The van der Waals surface area contributed by atoms with E-state index in [4.69, 9.17) is 4.74 Å². The van der Waals surface area contributed by atoms with Crippen molar-refractivity contribution in [2.45, 2.75) is 52.6 Å². The highest BCUT2D eigenvalue weighted by molar-refractivity contribution is 5.82. The number of hydrogen-bond acceptors (Lipinski definition) is 4. The largest absolute Gasteiger partial charge is 0.384 e. The first kappa shape index (κ1) is 19.3. The predicted molar refractivity (Wildman–Crippen MR) is 103 cm³/mol. The number of aryl methyl sites for hydroxylation is 1. The van der Waals surface area contributed by atoms with E-state index in [0.29, 0.717) is 12.5 Å². The van der Waals surface area contributed by atoms with Crippen molar-refractivity contribution in [2.24, 2.45) is 17.3 Å². The fraction of sp³-hybridized carbons (Fsp3) is 0.714. The van der Waals surface area contributed by atoms with Crippen LogP contribution in [-0.4, -0.2) is 48.6 Å². The number of carbonyl (C=O) groups is 1. The molecule has 2 fully saturated rings. The summed E-state index contributed by atoms with van der Waals surface area (Å²) < 4.78 is 5.22. The molecule has 0 aromatic carbocycles. The quantitative estimate of drug-likeness (QED) is 0.775. The van der Waals surface area contributed by atoms with Gasteiger partial charge in [-0.2, -0.15) is 0 Å². The second-order valence-electron chi connectivity index (χ2n) is 8.60. The number of methoxy groups -OCH3 is 1. The maximum atomic E-state index is 12.7. The van der Waals surface area contributed by atoms with Crippen LogP contribution in [0.1, 0.15) is 44.9 Å². The summed E-state index contributed by atoms with van der Waals surface area (Å²) in [5, 5.41) is 3.33. The molecule has 2 heterocycles. The van der Waals surface area contributed by atoms with Gasteiger partial charge < -0.3 is 10.1 Å². The molecule has 1 aliphatic heterocycles. The van der Waals surface area contributed by atoms with Crippen molar-refractivity contribution in [3.05, 3.63) is 29.6 Å². The van der Waals surface area contributed by atoms with E-state index in [1.54, 1.807) is 7.11 Å². The maximum Gasteiger partial charge on any atom is 0.228 e. The van der Waals surface area contributed by atoms with Gasteiger partial charge in [-0.1, -0.05) is 13.0 Å². The Labute approximate surface area is 157 Å². The topological polar surface area (TPSA) is 54.5 Å². The second-order valence-corrected chi connectivity index (χ2v) is 8.60. The van der Waals surface area contributed by atoms with Gasteiger partial charge in [0.1, 0.15) is 0 Å². The highest BCUT2D eigenvalue weighted by Crippen LogP contribution is 2.42. The molecule has 0 radical (unpaired) electrons. The molecule has 2 atom stereocenters. The minimum absolute atomic E-state index is 0.0993. The third-order valence-corrected chi connectivity index (χ3v) is 5.78. The Hall–Kier alpha value is -1.46. The van der Waals surface area contributed by atoms with E-state index < -0.39 is 5.41 Å². The molecule has 1 saturated heterocycles. The van der Waals surface area contributed by atoms with Crippen molar-refractivity contribution in [2.75, 3.05) is 26.8 Å². The first-order valence-electron chi connectivity index (χ1n) is 9.89. The molecular weight excluding hydrogens is 326 g/mol. The number of ether oxygens (including phenoxy) is 1. The minimum atomic E-state index is -0.492. The van der Waals surface area contributed by atoms with Crippen LogP contribution in [0.5, 0.6) is 0 Å². The molecule has 26 heavy (non-hydrogen) atoms. The summed E-state index contributed by atoms with van der Waals surface area (Å²) >= 11 is 0. The molecule has 0 bridgehead atoms. The fourth-order valence-corrected chi connectivity index (χ4v) is 3.97. The molecule has 5 nitrogen and oxygen atoms in total. The van der Waals surface area contributed by atoms with Gasteiger partial charge in [-0.3, -0.25) is 14.7 Å². The summed E-state index contributed by atoms with van der Waals surface area (Å²) in [6.07, 6.45) is 5.61. The number of nitrogens with zero attached hydrogens (tertiary/aromatic N) is 2. The molecule has 2 aliphatic rings. The van der Waals surface area contributed by atoms with Crippen molar-refractivity contribution >= 4 is 5.91 Å². The number of aromatic nitrogens is 1. The molecule has 3 rings (SSSR count).